The summed E-state index contributed by atoms with van der Waals surface area (Å²) in [7, 11) is 0. The second-order valence-corrected chi connectivity index (χ2v) is 6.66. The number of carbonyl (C=O) groups excluding carboxylic acids is 1. The summed E-state index contributed by atoms with van der Waals surface area (Å²) in [4.78, 5) is 14.8. The summed E-state index contributed by atoms with van der Waals surface area (Å²) in [5, 5.41) is 3.52. The molecule has 3 heteroatoms. The Morgan fingerprint density at radius 1 is 1.24 bits per heavy atom. The van der Waals surface area contributed by atoms with E-state index in [1.807, 2.05) is 12.1 Å². The van der Waals surface area contributed by atoms with Gasteiger partial charge >= 0.3 is 0 Å². The number of aryl methyl sites for hydroxylation is 1. The third-order valence-electron chi connectivity index (χ3n) is 5.12. The van der Waals surface area contributed by atoms with Gasteiger partial charge in [-0.25, -0.2) is 0 Å². The number of amides is 1. The molecule has 1 aromatic carbocycles. The van der Waals surface area contributed by atoms with E-state index >= 15 is 0 Å². The van der Waals surface area contributed by atoms with Crippen molar-refractivity contribution in [3.8, 4) is 0 Å². The third-order valence-corrected chi connectivity index (χ3v) is 5.12. The molecule has 0 bridgehead atoms. The number of benzene rings is 1. The maximum atomic E-state index is 12.7. The summed E-state index contributed by atoms with van der Waals surface area (Å²) in [5.41, 5.74) is 2.46. The minimum Gasteiger partial charge on any atom is -0.338 e. The summed E-state index contributed by atoms with van der Waals surface area (Å²) >= 11 is 0. The van der Waals surface area contributed by atoms with Crippen molar-refractivity contribution in [1.82, 2.24) is 10.2 Å². The smallest absolute Gasteiger partial charge is 0.253 e. The zero-order chi connectivity index (χ0) is 14.7. The van der Waals surface area contributed by atoms with Crippen molar-refractivity contribution in [3.63, 3.8) is 0 Å². The van der Waals surface area contributed by atoms with Crippen LogP contribution < -0.4 is 5.32 Å². The van der Waals surface area contributed by atoms with Gasteiger partial charge in [0.05, 0.1) is 0 Å². The Hall–Kier alpha value is -1.35. The molecule has 0 radical (unpaired) electrons. The molecule has 2 saturated heterocycles. The molecule has 1 atom stereocenters. The van der Waals surface area contributed by atoms with Gasteiger partial charge in [-0.1, -0.05) is 19.1 Å². The average Bonchev–Trinajstić information content (AvgIpc) is 2.55. The van der Waals surface area contributed by atoms with Gasteiger partial charge in [-0.05, 0) is 56.3 Å². The molecule has 114 valence electrons. The number of carbonyl (C=O) groups is 1. The highest BCUT2D eigenvalue weighted by Crippen LogP contribution is 2.36. The zero-order valence-corrected chi connectivity index (χ0v) is 13.0. The lowest BCUT2D eigenvalue weighted by atomic mass is 9.74. The fourth-order valence-electron chi connectivity index (χ4n) is 3.83. The largest absolute Gasteiger partial charge is 0.338 e. The minimum atomic E-state index is 0.210. The normalized spacial score (nSPS) is 26.0. The third kappa shape index (κ3) is 3.13. The first-order chi connectivity index (χ1) is 10.2. The molecular weight excluding hydrogens is 260 g/mol. The number of rotatable bonds is 2. The van der Waals surface area contributed by atoms with E-state index in [2.05, 4.69) is 29.3 Å². The maximum Gasteiger partial charge on any atom is 0.253 e. The second-order valence-electron chi connectivity index (χ2n) is 6.66. The van der Waals surface area contributed by atoms with Crippen LogP contribution >= 0.6 is 0 Å². The second kappa shape index (κ2) is 6.18. The molecule has 2 fully saturated rings. The van der Waals surface area contributed by atoms with E-state index in [0.29, 0.717) is 5.41 Å². The lowest BCUT2D eigenvalue weighted by Gasteiger charge is -2.45. The molecule has 1 amide bonds. The quantitative estimate of drug-likeness (QED) is 0.906. The molecule has 1 N–H and O–H groups in total. The Morgan fingerprint density at radius 3 is 2.67 bits per heavy atom. The van der Waals surface area contributed by atoms with Gasteiger partial charge in [0.2, 0.25) is 0 Å². The van der Waals surface area contributed by atoms with Crippen molar-refractivity contribution < 1.29 is 4.79 Å². The predicted octanol–water partition coefficient (Wildman–Crippen LogP) is 2.85. The van der Waals surface area contributed by atoms with E-state index in [-0.39, 0.29) is 5.91 Å². The highest BCUT2D eigenvalue weighted by Gasteiger charge is 2.38. The fraction of sp³-hybridized carbons (Fsp3) is 0.611. The van der Waals surface area contributed by atoms with E-state index in [1.54, 1.807) is 0 Å². The molecule has 2 aliphatic rings. The molecular formula is C18H26N2O. The van der Waals surface area contributed by atoms with Gasteiger partial charge in [-0.3, -0.25) is 4.79 Å². The van der Waals surface area contributed by atoms with Gasteiger partial charge in [0.25, 0.3) is 5.91 Å². The molecule has 3 nitrogen and oxygen atoms in total. The number of piperidine rings is 2. The summed E-state index contributed by atoms with van der Waals surface area (Å²) in [6, 6.07) is 8.13. The molecule has 3 rings (SSSR count). The molecule has 1 spiro atoms. The van der Waals surface area contributed by atoms with E-state index in [0.717, 1.165) is 44.6 Å². The Kier molecular flexibility index (Phi) is 4.29. The van der Waals surface area contributed by atoms with Crippen LogP contribution in [0.5, 0.6) is 0 Å². The van der Waals surface area contributed by atoms with Crippen LogP contribution in [0.15, 0.2) is 24.3 Å². The topological polar surface area (TPSA) is 32.3 Å². The fourth-order valence-corrected chi connectivity index (χ4v) is 3.83. The molecule has 1 aromatic rings. The van der Waals surface area contributed by atoms with Crippen molar-refractivity contribution in [3.05, 3.63) is 35.4 Å². The number of likely N-dealkylation sites (tertiary alicyclic amines) is 1. The first-order valence-corrected chi connectivity index (χ1v) is 8.31. The Labute approximate surface area is 127 Å². The summed E-state index contributed by atoms with van der Waals surface area (Å²) in [5.74, 6) is 0.210. The Balaban J connectivity index is 1.71. The molecule has 0 aromatic heterocycles. The van der Waals surface area contributed by atoms with Crippen molar-refractivity contribution >= 4 is 5.91 Å². The van der Waals surface area contributed by atoms with Gasteiger partial charge in [0.15, 0.2) is 0 Å². The molecule has 2 heterocycles. The molecule has 0 saturated carbocycles. The summed E-state index contributed by atoms with van der Waals surface area (Å²) in [6.07, 6.45) is 5.93. The molecule has 2 aliphatic heterocycles. The molecule has 0 aliphatic carbocycles. The highest BCUT2D eigenvalue weighted by molar-refractivity contribution is 5.94. The molecule has 21 heavy (non-hydrogen) atoms. The lowest BCUT2D eigenvalue weighted by molar-refractivity contribution is 0.0434. The van der Waals surface area contributed by atoms with Gasteiger partial charge in [-0.2, -0.15) is 0 Å². The van der Waals surface area contributed by atoms with Crippen LogP contribution in [0.4, 0.5) is 0 Å². The standard InChI is InChI=1S/C18H26N2O/c1-2-15-5-7-16(8-6-15)17(21)20-12-4-10-18(14-20)9-3-11-19-13-18/h5-8,19H,2-4,9-14H2,1H3. The van der Waals surface area contributed by atoms with Crippen molar-refractivity contribution in [2.75, 3.05) is 26.2 Å². The van der Waals surface area contributed by atoms with Crippen LogP contribution in [0.3, 0.4) is 0 Å². The van der Waals surface area contributed by atoms with Crippen LogP contribution in [-0.2, 0) is 6.42 Å². The zero-order valence-electron chi connectivity index (χ0n) is 13.0. The maximum absolute atomic E-state index is 12.7. The Morgan fingerprint density at radius 2 is 2.00 bits per heavy atom. The monoisotopic (exact) mass is 286 g/mol. The molecule has 1 unspecified atom stereocenters. The van der Waals surface area contributed by atoms with Gasteiger partial charge in [0.1, 0.15) is 0 Å². The van der Waals surface area contributed by atoms with E-state index in [9.17, 15) is 4.79 Å². The van der Waals surface area contributed by atoms with Gasteiger partial charge < -0.3 is 10.2 Å². The van der Waals surface area contributed by atoms with E-state index in [4.69, 9.17) is 0 Å². The van der Waals surface area contributed by atoms with Gasteiger partial charge in [-0.15, -0.1) is 0 Å². The first kappa shape index (κ1) is 14.6. The predicted molar refractivity (Wildman–Crippen MR) is 85.5 cm³/mol. The lowest BCUT2D eigenvalue weighted by Crippen LogP contribution is -2.52. The van der Waals surface area contributed by atoms with Crippen LogP contribution in [0, 0.1) is 5.41 Å². The van der Waals surface area contributed by atoms with Crippen LogP contribution in [0.2, 0.25) is 0 Å². The van der Waals surface area contributed by atoms with Crippen LogP contribution in [0.1, 0.15) is 48.5 Å². The SMILES string of the molecule is CCc1ccc(C(=O)N2CCCC3(CCCNC3)C2)cc1. The van der Waals surface area contributed by atoms with Crippen molar-refractivity contribution in [1.29, 1.82) is 0 Å². The average molecular weight is 286 g/mol. The summed E-state index contributed by atoms with van der Waals surface area (Å²) in [6.45, 7) is 6.19. The van der Waals surface area contributed by atoms with E-state index < -0.39 is 0 Å². The first-order valence-electron chi connectivity index (χ1n) is 8.31. The number of hydrogen-bond acceptors (Lipinski definition) is 2. The number of nitrogens with zero attached hydrogens (tertiary/aromatic N) is 1. The van der Waals surface area contributed by atoms with Gasteiger partial charge in [0, 0.05) is 30.6 Å². The minimum absolute atomic E-state index is 0.210. The number of nitrogens with one attached hydrogen (secondary N) is 1. The highest BCUT2D eigenvalue weighted by atomic mass is 16.2. The van der Waals surface area contributed by atoms with Crippen molar-refractivity contribution in [2.24, 2.45) is 5.41 Å². The van der Waals surface area contributed by atoms with E-state index in [1.165, 1.54) is 24.8 Å². The van der Waals surface area contributed by atoms with Crippen LogP contribution in [-0.4, -0.2) is 37.0 Å². The number of hydrogen-bond donors (Lipinski definition) is 1. The Bertz CT molecular complexity index is 483. The summed E-state index contributed by atoms with van der Waals surface area (Å²) < 4.78 is 0. The van der Waals surface area contributed by atoms with Crippen molar-refractivity contribution in [2.45, 2.75) is 39.0 Å². The van der Waals surface area contributed by atoms with Crippen LogP contribution in [0.25, 0.3) is 0 Å².